The molecule has 1 saturated heterocycles. The van der Waals surface area contributed by atoms with Gasteiger partial charge in [0, 0.05) is 38.1 Å². The van der Waals surface area contributed by atoms with Gasteiger partial charge in [0.05, 0.1) is 6.67 Å². The summed E-state index contributed by atoms with van der Waals surface area (Å²) in [6, 6.07) is 8.59. The lowest BCUT2D eigenvalue weighted by Gasteiger charge is -2.36. The number of nitrogens with one attached hydrogen (secondary N) is 1. The molecule has 2 heterocycles. The number of hydrogen-bond donors (Lipinski definition) is 1. The van der Waals surface area contributed by atoms with Crippen LogP contribution < -0.4 is 10.2 Å². The van der Waals surface area contributed by atoms with Gasteiger partial charge in [-0.25, -0.2) is 14.4 Å². The van der Waals surface area contributed by atoms with Gasteiger partial charge >= 0.3 is 0 Å². The summed E-state index contributed by atoms with van der Waals surface area (Å²) >= 11 is 0. The van der Waals surface area contributed by atoms with Crippen molar-refractivity contribution >= 4 is 36.3 Å². The Labute approximate surface area is 154 Å². The van der Waals surface area contributed by atoms with E-state index in [4.69, 9.17) is 0 Å². The molecular weight excluding hydrogens is 352 g/mol. The normalized spacial score (nSPS) is 14.5. The largest absolute Gasteiger partial charge is 0.369 e. The molecule has 0 amide bonds. The summed E-state index contributed by atoms with van der Waals surface area (Å²) in [4.78, 5) is 13.0. The molecule has 0 saturated carbocycles. The standard InChI is InChI=1S/C16H20FN5.2ClH/c1-13-18-7-6-16(20-13)19-12-21-8-10-22(11-9-21)15-4-2-14(17)3-5-15;;/h2-7H,8-12H2,1H3,(H,18,19,20);2*1H. The van der Waals surface area contributed by atoms with Gasteiger partial charge in [-0.2, -0.15) is 0 Å². The van der Waals surface area contributed by atoms with Crippen molar-refractivity contribution in [3.05, 3.63) is 48.2 Å². The van der Waals surface area contributed by atoms with Crippen LogP contribution in [0.4, 0.5) is 15.9 Å². The van der Waals surface area contributed by atoms with Gasteiger partial charge in [0.15, 0.2) is 0 Å². The van der Waals surface area contributed by atoms with Crippen LogP contribution in [0.5, 0.6) is 0 Å². The van der Waals surface area contributed by atoms with Crippen molar-refractivity contribution in [3.8, 4) is 0 Å². The van der Waals surface area contributed by atoms with Crippen LogP contribution in [0.3, 0.4) is 0 Å². The van der Waals surface area contributed by atoms with Gasteiger partial charge in [0.2, 0.25) is 0 Å². The van der Waals surface area contributed by atoms with E-state index in [0.29, 0.717) is 0 Å². The maximum Gasteiger partial charge on any atom is 0.130 e. The van der Waals surface area contributed by atoms with Crippen LogP contribution in [-0.2, 0) is 0 Å². The lowest BCUT2D eigenvalue weighted by atomic mass is 10.2. The van der Waals surface area contributed by atoms with Crippen LogP contribution in [0.25, 0.3) is 0 Å². The lowest BCUT2D eigenvalue weighted by molar-refractivity contribution is 0.275. The minimum Gasteiger partial charge on any atom is -0.369 e. The number of aryl methyl sites for hydroxylation is 1. The molecule has 0 bridgehead atoms. The molecule has 24 heavy (non-hydrogen) atoms. The monoisotopic (exact) mass is 373 g/mol. The number of rotatable bonds is 4. The number of aromatic nitrogens is 2. The van der Waals surface area contributed by atoms with Crippen molar-refractivity contribution < 1.29 is 4.39 Å². The van der Waals surface area contributed by atoms with Crippen LogP contribution in [0.1, 0.15) is 5.82 Å². The zero-order valence-corrected chi connectivity index (χ0v) is 15.1. The quantitative estimate of drug-likeness (QED) is 0.892. The first kappa shape index (κ1) is 20.4. The zero-order valence-electron chi connectivity index (χ0n) is 13.5. The van der Waals surface area contributed by atoms with Crippen molar-refractivity contribution in [1.29, 1.82) is 0 Å². The van der Waals surface area contributed by atoms with E-state index in [1.165, 1.54) is 12.1 Å². The van der Waals surface area contributed by atoms with E-state index in [1.807, 2.05) is 25.1 Å². The Hall–Kier alpha value is -1.63. The van der Waals surface area contributed by atoms with E-state index in [1.54, 1.807) is 6.20 Å². The van der Waals surface area contributed by atoms with Gasteiger partial charge in [-0.3, -0.25) is 4.90 Å². The first-order valence-corrected chi connectivity index (χ1v) is 7.47. The lowest BCUT2D eigenvalue weighted by Crippen LogP contribution is -2.48. The Morgan fingerprint density at radius 1 is 1.04 bits per heavy atom. The summed E-state index contributed by atoms with van der Waals surface area (Å²) in [6.07, 6.45) is 1.76. The third-order valence-electron chi connectivity index (χ3n) is 3.82. The third-order valence-corrected chi connectivity index (χ3v) is 3.82. The highest BCUT2D eigenvalue weighted by Crippen LogP contribution is 2.16. The molecule has 2 aromatic rings. The van der Waals surface area contributed by atoms with Gasteiger partial charge in [0.1, 0.15) is 17.5 Å². The van der Waals surface area contributed by atoms with Crippen LogP contribution in [0.15, 0.2) is 36.5 Å². The molecule has 3 rings (SSSR count). The number of nitrogens with zero attached hydrogens (tertiary/aromatic N) is 4. The molecule has 1 aromatic heterocycles. The Morgan fingerprint density at radius 2 is 1.71 bits per heavy atom. The van der Waals surface area contributed by atoms with Crippen molar-refractivity contribution in [3.63, 3.8) is 0 Å². The summed E-state index contributed by atoms with van der Waals surface area (Å²) in [6.45, 7) is 6.47. The first-order chi connectivity index (χ1) is 10.7. The second-order valence-corrected chi connectivity index (χ2v) is 5.41. The van der Waals surface area contributed by atoms with Gasteiger partial charge in [-0.15, -0.1) is 24.8 Å². The molecule has 0 aliphatic carbocycles. The maximum absolute atomic E-state index is 13.0. The Kier molecular flexibility index (Phi) is 8.18. The minimum atomic E-state index is -0.188. The fraction of sp³-hybridized carbons (Fsp3) is 0.375. The molecule has 8 heteroatoms. The number of piperazine rings is 1. The van der Waals surface area contributed by atoms with Crippen molar-refractivity contribution in [2.75, 3.05) is 43.1 Å². The minimum absolute atomic E-state index is 0. The molecule has 1 N–H and O–H groups in total. The second-order valence-electron chi connectivity index (χ2n) is 5.41. The highest BCUT2D eigenvalue weighted by Gasteiger charge is 2.16. The fourth-order valence-electron chi connectivity index (χ4n) is 2.56. The Balaban J connectivity index is 0.00000144. The summed E-state index contributed by atoms with van der Waals surface area (Å²) in [5.41, 5.74) is 1.08. The predicted octanol–water partition coefficient (Wildman–Crippen LogP) is 2.96. The Bertz CT molecular complexity index is 618. The average molecular weight is 374 g/mol. The Morgan fingerprint density at radius 3 is 2.33 bits per heavy atom. The van der Waals surface area contributed by atoms with Crippen molar-refractivity contribution in [2.24, 2.45) is 0 Å². The van der Waals surface area contributed by atoms with Gasteiger partial charge < -0.3 is 10.2 Å². The van der Waals surface area contributed by atoms with E-state index in [2.05, 4.69) is 25.1 Å². The zero-order chi connectivity index (χ0) is 15.4. The maximum atomic E-state index is 13.0. The fourth-order valence-corrected chi connectivity index (χ4v) is 2.56. The van der Waals surface area contributed by atoms with Crippen molar-refractivity contribution in [1.82, 2.24) is 14.9 Å². The molecule has 1 aromatic carbocycles. The van der Waals surface area contributed by atoms with E-state index < -0.39 is 0 Å². The molecule has 0 spiro atoms. The summed E-state index contributed by atoms with van der Waals surface area (Å²) in [7, 11) is 0. The van der Waals surface area contributed by atoms with Gasteiger partial charge in [-0.1, -0.05) is 0 Å². The summed E-state index contributed by atoms with van der Waals surface area (Å²) in [5, 5.41) is 3.32. The van der Waals surface area contributed by atoms with E-state index in [9.17, 15) is 4.39 Å². The number of hydrogen-bond acceptors (Lipinski definition) is 5. The van der Waals surface area contributed by atoms with E-state index in [-0.39, 0.29) is 30.6 Å². The van der Waals surface area contributed by atoms with Crippen LogP contribution in [0.2, 0.25) is 0 Å². The SMILES string of the molecule is Cc1nccc(NCN2CCN(c3ccc(F)cc3)CC2)n1.Cl.Cl. The highest BCUT2D eigenvalue weighted by molar-refractivity contribution is 5.85. The average Bonchev–Trinajstić information content (AvgIpc) is 2.54. The first-order valence-electron chi connectivity index (χ1n) is 7.47. The molecular formula is C16H22Cl2FN5. The van der Waals surface area contributed by atoms with Crippen LogP contribution >= 0.6 is 24.8 Å². The third kappa shape index (κ3) is 5.47. The highest BCUT2D eigenvalue weighted by atomic mass is 35.5. The van der Waals surface area contributed by atoms with Crippen LogP contribution in [0, 0.1) is 12.7 Å². The van der Waals surface area contributed by atoms with Gasteiger partial charge in [-0.05, 0) is 37.3 Å². The molecule has 0 atom stereocenters. The molecule has 132 valence electrons. The molecule has 0 unspecified atom stereocenters. The predicted molar refractivity (Wildman–Crippen MR) is 99.9 cm³/mol. The van der Waals surface area contributed by atoms with Crippen LogP contribution in [-0.4, -0.2) is 47.7 Å². The molecule has 5 nitrogen and oxygen atoms in total. The summed E-state index contributed by atoms with van der Waals surface area (Å²) in [5.74, 6) is 1.44. The summed E-state index contributed by atoms with van der Waals surface area (Å²) < 4.78 is 13.0. The molecule has 0 radical (unpaired) electrons. The number of benzene rings is 1. The van der Waals surface area contributed by atoms with E-state index >= 15 is 0 Å². The molecule has 1 fully saturated rings. The molecule has 1 aliphatic heterocycles. The van der Waals surface area contributed by atoms with Gasteiger partial charge in [0.25, 0.3) is 0 Å². The topological polar surface area (TPSA) is 44.3 Å². The smallest absolute Gasteiger partial charge is 0.130 e. The van der Waals surface area contributed by atoms with Crippen molar-refractivity contribution in [2.45, 2.75) is 6.92 Å². The second kappa shape index (κ2) is 9.61. The number of anilines is 2. The molecule has 1 aliphatic rings. The van der Waals surface area contributed by atoms with E-state index in [0.717, 1.165) is 50.2 Å². The number of halogens is 3.